The first-order valence-corrected chi connectivity index (χ1v) is 12.8. The normalized spacial score (nSPS) is 40.3. The number of carbonyl (C=O) groups is 3. The lowest BCUT2D eigenvalue weighted by molar-refractivity contribution is -0.671. The van der Waals surface area contributed by atoms with Crippen LogP contribution in [0.2, 0.25) is 0 Å². The Bertz CT molecular complexity index is 1110. The van der Waals surface area contributed by atoms with E-state index in [0.29, 0.717) is 31.2 Å². The maximum absolute atomic E-state index is 13.4. The first-order chi connectivity index (χ1) is 16.5. The topological polar surface area (TPSA) is 105 Å². The molecule has 1 aromatic heterocycles. The van der Waals surface area contributed by atoms with Crippen LogP contribution in [-0.2, 0) is 21.4 Å². The molecule has 0 amide bonds. The Hall–Kier alpha value is -2.38. The summed E-state index contributed by atoms with van der Waals surface area (Å²) in [4.78, 5) is 37.9. The number of aliphatic hydroxyl groups is 2. The molecule has 0 bridgehead atoms. The van der Waals surface area contributed by atoms with Crippen LogP contribution in [0.3, 0.4) is 0 Å². The molecule has 4 aliphatic rings. The van der Waals surface area contributed by atoms with E-state index in [1.807, 2.05) is 6.92 Å². The number of carbonyl (C=O) groups excluding carboxylic acids is 3. The van der Waals surface area contributed by atoms with Gasteiger partial charge < -0.3 is 14.9 Å². The van der Waals surface area contributed by atoms with Crippen LogP contribution in [-0.4, -0.2) is 46.1 Å². The van der Waals surface area contributed by atoms with Crippen LogP contribution in [0.25, 0.3) is 0 Å². The van der Waals surface area contributed by atoms with E-state index in [2.05, 4.69) is 6.92 Å². The molecule has 0 aromatic carbocycles. The van der Waals surface area contributed by atoms with Crippen LogP contribution in [0.5, 0.6) is 0 Å². The summed E-state index contributed by atoms with van der Waals surface area (Å²) in [7, 11) is 1.79. The maximum Gasteiger partial charge on any atom is 0.344 e. The molecule has 7 nitrogen and oxygen atoms in total. The first kappa shape index (κ1) is 24.3. The fourth-order valence-electron chi connectivity index (χ4n) is 8.19. The zero-order valence-corrected chi connectivity index (χ0v) is 20.8. The van der Waals surface area contributed by atoms with Crippen molar-refractivity contribution in [3.63, 3.8) is 0 Å². The third-order valence-corrected chi connectivity index (χ3v) is 10.0. The van der Waals surface area contributed by atoms with Crippen LogP contribution in [0, 0.1) is 28.6 Å². The molecule has 5 rings (SSSR count). The highest BCUT2D eigenvalue weighted by Gasteiger charge is 2.68. The molecule has 7 heteroatoms. The van der Waals surface area contributed by atoms with Crippen LogP contribution < -0.4 is 4.57 Å². The smallest absolute Gasteiger partial charge is 0.344 e. The van der Waals surface area contributed by atoms with Gasteiger partial charge in [0.2, 0.25) is 5.78 Å². The highest BCUT2D eigenvalue weighted by atomic mass is 16.5. The zero-order chi connectivity index (χ0) is 25.2. The fraction of sp³-hybridized carbons (Fsp3) is 0.643. The van der Waals surface area contributed by atoms with Crippen molar-refractivity contribution in [1.29, 1.82) is 0 Å². The molecule has 0 radical (unpaired) electrons. The molecule has 188 valence electrons. The number of allylic oxidation sites excluding steroid dienone is 1. The number of aryl methyl sites for hydroxylation is 1. The molecule has 1 aromatic rings. The number of nitrogens with zero attached hydrogens (tertiary/aromatic N) is 1. The first-order valence-electron chi connectivity index (χ1n) is 12.8. The van der Waals surface area contributed by atoms with Crippen molar-refractivity contribution in [2.45, 2.75) is 70.5 Å². The Morgan fingerprint density at radius 2 is 1.97 bits per heavy atom. The number of aliphatic hydroxyl groups excluding tert-OH is 1. The van der Waals surface area contributed by atoms with Crippen molar-refractivity contribution in [3.05, 3.63) is 41.7 Å². The Morgan fingerprint density at radius 3 is 2.71 bits per heavy atom. The van der Waals surface area contributed by atoms with E-state index in [0.717, 1.165) is 24.8 Å². The number of aromatic nitrogens is 1. The highest BCUT2D eigenvalue weighted by molar-refractivity contribution is 5.94. The summed E-state index contributed by atoms with van der Waals surface area (Å²) in [5.41, 5.74) is -1.16. The second-order valence-corrected chi connectivity index (χ2v) is 11.7. The second kappa shape index (κ2) is 8.34. The molecule has 0 spiro atoms. The summed E-state index contributed by atoms with van der Waals surface area (Å²) in [5.74, 6) is -0.647. The number of ketones is 2. The average molecular weight is 483 g/mol. The van der Waals surface area contributed by atoms with Crippen LogP contribution in [0.15, 0.2) is 36.2 Å². The fourth-order valence-corrected chi connectivity index (χ4v) is 8.19. The molecule has 7 atom stereocenters. The number of hydrogen-bond acceptors (Lipinski definition) is 6. The van der Waals surface area contributed by atoms with Gasteiger partial charge in [-0.1, -0.05) is 19.4 Å². The number of rotatable bonds is 4. The summed E-state index contributed by atoms with van der Waals surface area (Å²) in [6, 6.07) is 3.35. The summed E-state index contributed by atoms with van der Waals surface area (Å²) in [6.07, 6.45) is 8.78. The van der Waals surface area contributed by atoms with Gasteiger partial charge in [-0.15, -0.1) is 0 Å². The Labute approximate surface area is 206 Å². The molecule has 3 fully saturated rings. The predicted molar refractivity (Wildman–Crippen MR) is 126 cm³/mol. The SMILES string of the molecule is C[n+]1cccc(C(=O)OCC(=O)[C@@]2(O)CC[C@H]3[C@@H]4CCC5=CC(=O)CC[C@]5(C)[C@H]4[C@@H](O)C[C@@]32C)c1. The molecular weight excluding hydrogens is 446 g/mol. The average Bonchev–Trinajstić information content (AvgIpc) is 3.08. The zero-order valence-electron chi connectivity index (χ0n) is 20.8. The Morgan fingerprint density at radius 1 is 1.20 bits per heavy atom. The minimum atomic E-state index is -1.65. The maximum atomic E-state index is 13.4. The minimum Gasteiger partial charge on any atom is -0.454 e. The van der Waals surface area contributed by atoms with E-state index in [9.17, 15) is 24.6 Å². The predicted octanol–water partition coefficient (Wildman–Crippen LogP) is 2.47. The van der Waals surface area contributed by atoms with E-state index in [4.69, 9.17) is 4.74 Å². The molecule has 35 heavy (non-hydrogen) atoms. The van der Waals surface area contributed by atoms with Gasteiger partial charge in [-0.3, -0.25) is 9.59 Å². The van der Waals surface area contributed by atoms with E-state index in [-0.39, 0.29) is 29.0 Å². The molecule has 4 aliphatic carbocycles. The van der Waals surface area contributed by atoms with Gasteiger partial charge >= 0.3 is 5.97 Å². The Balaban J connectivity index is 1.36. The van der Waals surface area contributed by atoms with Gasteiger partial charge in [-0.2, -0.15) is 0 Å². The van der Waals surface area contributed by atoms with Crippen molar-refractivity contribution in [2.24, 2.45) is 35.6 Å². The lowest BCUT2D eigenvalue weighted by Gasteiger charge is -2.60. The third-order valence-electron chi connectivity index (χ3n) is 10.0. The Kier molecular flexibility index (Phi) is 5.80. The summed E-state index contributed by atoms with van der Waals surface area (Å²) in [6.45, 7) is 3.62. The van der Waals surface area contributed by atoms with Crippen LogP contribution in [0.4, 0.5) is 0 Å². The van der Waals surface area contributed by atoms with E-state index in [1.54, 1.807) is 42.2 Å². The lowest BCUT2D eigenvalue weighted by atomic mass is 9.45. The second-order valence-electron chi connectivity index (χ2n) is 11.7. The number of ether oxygens (including phenoxy) is 1. The molecule has 2 N–H and O–H groups in total. The summed E-state index contributed by atoms with van der Waals surface area (Å²) in [5, 5.41) is 23.2. The molecular formula is C28H36NO6+. The number of hydrogen-bond donors (Lipinski definition) is 2. The van der Waals surface area contributed by atoms with E-state index < -0.39 is 35.5 Å². The third kappa shape index (κ3) is 3.61. The van der Waals surface area contributed by atoms with Crippen molar-refractivity contribution in [1.82, 2.24) is 0 Å². The van der Waals surface area contributed by atoms with E-state index in [1.165, 1.54) is 0 Å². The molecule has 1 heterocycles. The van der Waals surface area contributed by atoms with Crippen LogP contribution >= 0.6 is 0 Å². The van der Waals surface area contributed by atoms with Gasteiger partial charge in [0.1, 0.15) is 18.2 Å². The van der Waals surface area contributed by atoms with Gasteiger partial charge in [0.25, 0.3) is 0 Å². The molecule has 0 saturated heterocycles. The van der Waals surface area contributed by atoms with Crippen LogP contribution in [0.1, 0.15) is 69.2 Å². The van der Waals surface area contributed by atoms with Crippen molar-refractivity contribution in [3.8, 4) is 0 Å². The number of pyridine rings is 1. The quantitative estimate of drug-likeness (QED) is 0.505. The van der Waals surface area contributed by atoms with Crippen molar-refractivity contribution in [2.75, 3.05) is 6.61 Å². The van der Waals surface area contributed by atoms with Gasteiger partial charge in [-0.05, 0) is 73.8 Å². The van der Waals surface area contributed by atoms with Gasteiger partial charge in [0.15, 0.2) is 24.8 Å². The largest absolute Gasteiger partial charge is 0.454 e. The molecule has 0 aliphatic heterocycles. The monoisotopic (exact) mass is 482 g/mol. The van der Waals surface area contributed by atoms with E-state index >= 15 is 0 Å². The van der Waals surface area contributed by atoms with Crippen molar-refractivity contribution < 1.29 is 33.9 Å². The highest BCUT2D eigenvalue weighted by Crippen LogP contribution is 2.67. The van der Waals surface area contributed by atoms with Gasteiger partial charge in [-0.25, -0.2) is 9.36 Å². The summed E-state index contributed by atoms with van der Waals surface area (Å²) >= 11 is 0. The van der Waals surface area contributed by atoms with Gasteiger partial charge in [0.05, 0.1) is 6.10 Å². The molecule has 0 unspecified atom stereocenters. The van der Waals surface area contributed by atoms with Gasteiger partial charge in [0, 0.05) is 17.9 Å². The standard InChI is InChI=1S/C28H36NO6/c1-26-10-8-19(30)13-18(26)6-7-20-21-9-11-28(34,27(21,2)14-22(31)24(20)26)23(32)16-35-25(33)17-5-4-12-29(3)15-17/h4-5,12-13,15,20-22,24,31,34H,6-11,14,16H2,1-3H3/q+1/t20-,21-,22-,24+,26-,27-,28-/m0/s1. The number of esters is 1. The number of fused-ring (bicyclic) bond motifs is 5. The molecule has 3 saturated carbocycles. The number of Topliss-reactive ketones (excluding diaryl/α,β-unsaturated/α-hetero) is 1. The minimum absolute atomic E-state index is 0.0165. The lowest BCUT2D eigenvalue weighted by Crippen LogP contribution is -2.62. The summed E-state index contributed by atoms with van der Waals surface area (Å²) < 4.78 is 7.04. The van der Waals surface area contributed by atoms with Crippen molar-refractivity contribution >= 4 is 17.5 Å².